The Balaban J connectivity index is 1.85. The molecule has 1 aliphatic rings. The highest BCUT2D eigenvalue weighted by atomic mass is 35.5. The van der Waals surface area contributed by atoms with Crippen molar-refractivity contribution in [2.75, 3.05) is 6.54 Å². The van der Waals surface area contributed by atoms with E-state index in [0.29, 0.717) is 30.0 Å². The summed E-state index contributed by atoms with van der Waals surface area (Å²) in [6, 6.07) is 9.94. The zero-order valence-corrected chi connectivity index (χ0v) is 13.1. The van der Waals surface area contributed by atoms with Crippen molar-refractivity contribution in [1.82, 2.24) is 9.88 Å². The number of pyridine rings is 1. The summed E-state index contributed by atoms with van der Waals surface area (Å²) in [4.78, 5) is 18.5. The molecule has 0 spiro atoms. The van der Waals surface area contributed by atoms with Gasteiger partial charge in [-0.2, -0.15) is 0 Å². The van der Waals surface area contributed by atoms with Gasteiger partial charge in [0.25, 0.3) is 0 Å². The van der Waals surface area contributed by atoms with Gasteiger partial charge in [-0.1, -0.05) is 43.6 Å². The van der Waals surface area contributed by atoms with Gasteiger partial charge in [-0.25, -0.2) is 4.98 Å². The summed E-state index contributed by atoms with van der Waals surface area (Å²) in [6.07, 6.45) is 0.649. The summed E-state index contributed by atoms with van der Waals surface area (Å²) in [5.41, 5.74) is 1.81. The Labute approximate surface area is 129 Å². The van der Waals surface area contributed by atoms with E-state index >= 15 is 0 Å². The molecule has 110 valence electrons. The smallest absolute Gasteiger partial charge is 0.223 e. The third-order valence-electron chi connectivity index (χ3n) is 4.30. The molecule has 1 atom stereocenters. The molecule has 0 bridgehead atoms. The van der Waals surface area contributed by atoms with Crippen LogP contribution in [0, 0.1) is 11.8 Å². The van der Waals surface area contributed by atoms with Crippen LogP contribution in [-0.2, 0) is 11.3 Å². The summed E-state index contributed by atoms with van der Waals surface area (Å²) >= 11 is 6.28. The summed E-state index contributed by atoms with van der Waals surface area (Å²) in [5.74, 6) is 1.20. The van der Waals surface area contributed by atoms with Crippen LogP contribution in [0.3, 0.4) is 0 Å². The van der Waals surface area contributed by atoms with Crippen LogP contribution >= 0.6 is 11.6 Å². The van der Waals surface area contributed by atoms with Crippen molar-refractivity contribution >= 4 is 28.4 Å². The van der Waals surface area contributed by atoms with Crippen molar-refractivity contribution in [1.29, 1.82) is 0 Å². The van der Waals surface area contributed by atoms with Gasteiger partial charge >= 0.3 is 0 Å². The van der Waals surface area contributed by atoms with E-state index < -0.39 is 0 Å². The summed E-state index contributed by atoms with van der Waals surface area (Å²) in [6.45, 7) is 5.72. The topological polar surface area (TPSA) is 33.2 Å². The van der Waals surface area contributed by atoms with Gasteiger partial charge in [0.05, 0.1) is 5.52 Å². The van der Waals surface area contributed by atoms with Crippen molar-refractivity contribution < 1.29 is 4.79 Å². The van der Waals surface area contributed by atoms with Gasteiger partial charge in [0, 0.05) is 30.5 Å². The Bertz CT molecular complexity index is 684. The average molecular weight is 303 g/mol. The van der Waals surface area contributed by atoms with Crippen LogP contribution in [0.1, 0.15) is 25.8 Å². The second kappa shape index (κ2) is 5.64. The lowest BCUT2D eigenvalue weighted by atomic mass is 9.95. The molecule has 2 aromatic rings. The van der Waals surface area contributed by atoms with E-state index in [9.17, 15) is 4.79 Å². The Kier molecular flexibility index (Phi) is 3.85. The fourth-order valence-corrected chi connectivity index (χ4v) is 3.06. The molecule has 1 aromatic heterocycles. The summed E-state index contributed by atoms with van der Waals surface area (Å²) < 4.78 is 0. The number of halogens is 1. The quantitative estimate of drug-likeness (QED) is 0.806. The first-order valence-corrected chi connectivity index (χ1v) is 7.74. The normalized spacial score (nSPS) is 19.0. The molecule has 1 aliphatic heterocycles. The molecule has 1 amide bonds. The van der Waals surface area contributed by atoms with Crippen LogP contribution in [0.4, 0.5) is 0 Å². The molecule has 1 unspecified atom stereocenters. The van der Waals surface area contributed by atoms with E-state index in [1.807, 2.05) is 35.2 Å². The number of nitrogens with zero attached hydrogens (tertiary/aromatic N) is 2. The second-order valence-electron chi connectivity index (χ2n) is 6.11. The van der Waals surface area contributed by atoms with Gasteiger partial charge in [-0.05, 0) is 24.0 Å². The molecule has 0 N–H and O–H groups in total. The number of rotatable bonds is 3. The van der Waals surface area contributed by atoms with Crippen molar-refractivity contribution in [3.05, 3.63) is 41.0 Å². The molecule has 1 saturated heterocycles. The highest BCUT2D eigenvalue weighted by molar-refractivity contribution is 6.30. The third-order valence-corrected chi connectivity index (χ3v) is 4.63. The van der Waals surface area contributed by atoms with Crippen LogP contribution in [0.2, 0.25) is 5.15 Å². The van der Waals surface area contributed by atoms with Crippen molar-refractivity contribution in [2.24, 2.45) is 11.8 Å². The first-order valence-electron chi connectivity index (χ1n) is 7.36. The molecule has 0 saturated carbocycles. The fraction of sp³-hybridized carbons (Fsp3) is 0.412. The second-order valence-corrected chi connectivity index (χ2v) is 6.47. The Hall–Kier alpha value is -1.61. The summed E-state index contributed by atoms with van der Waals surface area (Å²) in [5, 5.41) is 1.55. The standard InChI is InChI=1S/C17H19ClN2O/c1-11(2)13-8-16(21)20(9-13)10-14-7-12-5-3-4-6-15(12)19-17(14)18/h3-7,11,13H,8-10H2,1-2H3. The van der Waals surface area contributed by atoms with Gasteiger partial charge in [0.2, 0.25) is 5.91 Å². The number of para-hydroxylation sites is 1. The molecule has 0 aliphatic carbocycles. The van der Waals surface area contributed by atoms with Gasteiger partial charge < -0.3 is 4.90 Å². The SMILES string of the molecule is CC(C)C1CC(=O)N(Cc2cc3ccccc3nc2Cl)C1. The highest BCUT2D eigenvalue weighted by Gasteiger charge is 2.31. The van der Waals surface area contributed by atoms with E-state index in [1.54, 1.807) is 0 Å². The van der Waals surface area contributed by atoms with E-state index in [0.717, 1.165) is 23.0 Å². The van der Waals surface area contributed by atoms with Crippen molar-refractivity contribution in [2.45, 2.75) is 26.8 Å². The number of carbonyl (C=O) groups excluding carboxylic acids is 1. The molecular weight excluding hydrogens is 284 g/mol. The Morgan fingerprint density at radius 3 is 2.86 bits per heavy atom. The van der Waals surface area contributed by atoms with Crippen molar-refractivity contribution in [3.63, 3.8) is 0 Å². The predicted molar refractivity (Wildman–Crippen MR) is 85.1 cm³/mol. The minimum Gasteiger partial charge on any atom is -0.338 e. The number of aromatic nitrogens is 1. The van der Waals surface area contributed by atoms with Gasteiger partial charge in [-0.15, -0.1) is 0 Å². The number of carbonyl (C=O) groups is 1. The van der Waals surface area contributed by atoms with Gasteiger partial charge in [0.15, 0.2) is 0 Å². The average Bonchev–Trinajstić information content (AvgIpc) is 2.81. The highest BCUT2D eigenvalue weighted by Crippen LogP contribution is 2.28. The van der Waals surface area contributed by atoms with Gasteiger partial charge in [0.1, 0.15) is 5.15 Å². The van der Waals surface area contributed by atoms with Crippen LogP contribution in [-0.4, -0.2) is 22.3 Å². The number of fused-ring (bicyclic) bond motifs is 1. The molecule has 3 rings (SSSR count). The number of likely N-dealkylation sites (tertiary alicyclic amines) is 1. The number of amides is 1. The Morgan fingerprint density at radius 1 is 1.38 bits per heavy atom. The number of hydrogen-bond acceptors (Lipinski definition) is 2. The molecule has 2 heterocycles. The molecule has 0 radical (unpaired) electrons. The molecule has 3 nitrogen and oxygen atoms in total. The van der Waals surface area contributed by atoms with E-state index in [-0.39, 0.29) is 5.91 Å². The van der Waals surface area contributed by atoms with Crippen LogP contribution in [0.25, 0.3) is 10.9 Å². The lowest BCUT2D eigenvalue weighted by Crippen LogP contribution is -2.25. The van der Waals surface area contributed by atoms with Crippen molar-refractivity contribution in [3.8, 4) is 0 Å². The van der Waals surface area contributed by atoms with Crippen LogP contribution < -0.4 is 0 Å². The number of benzene rings is 1. The maximum absolute atomic E-state index is 12.1. The monoisotopic (exact) mass is 302 g/mol. The summed E-state index contributed by atoms with van der Waals surface area (Å²) in [7, 11) is 0. The fourth-order valence-electron chi connectivity index (χ4n) is 2.85. The van der Waals surface area contributed by atoms with E-state index in [1.165, 1.54) is 0 Å². The van der Waals surface area contributed by atoms with Gasteiger partial charge in [-0.3, -0.25) is 4.79 Å². The minimum atomic E-state index is 0.220. The zero-order chi connectivity index (χ0) is 15.0. The molecular formula is C17H19ClN2O. The molecule has 4 heteroatoms. The maximum atomic E-state index is 12.1. The maximum Gasteiger partial charge on any atom is 0.223 e. The van der Waals surface area contributed by atoms with Crippen LogP contribution in [0.15, 0.2) is 30.3 Å². The minimum absolute atomic E-state index is 0.220. The predicted octanol–water partition coefficient (Wildman–Crippen LogP) is 3.89. The molecule has 21 heavy (non-hydrogen) atoms. The van der Waals surface area contributed by atoms with Crippen LogP contribution in [0.5, 0.6) is 0 Å². The first kappa shape index (κ1) is 14.3. The molecule has 1 aromatic carbocycles. The first-order chi connectivity index (χ1) is 10.0. The molecule has 1 fully saturated rings. The Morgan fingerprint density at radius 2 is 2.14 bits per heavy atom. The zero-order valence-electron chi connectivity index (χ0n) is 12.3. The lowest BCUT2D eigenvalue weighted by molar-refractivity contribution is -0.128. The third kappa shape index (κ3) is 2.88. The lowest BCUT2D eigenvalue weighted by Gasteiger charge is -2.19. The largest absolute Gasteiger partial charge is 0.338 e. The van der Waals surface area contributed by atoms with E-state index in [4.69, 9.17) is 11.6 Å². The number of hydrogen-bond donors (Lipinski definition) is 0. The van der Waals surface area contributed by atoms with E-state index in [2.05, 4.69) is 18.8 Å².